The monoisotopic (exact) mass is 480 g/mol. The SMILES string of the molecule is O=S(=O)(c1ccc(C(F)(F)F)c(OCCO)c1)N1CCC(Nc2ncc(Cl)cn2)CC1. The number of aromatic nitrogens is 2. The molecule has 0 aliphatic carbocycles. The Labute approximate surface area is 182 Å². The van der Waals surface area contributed by atoms with Gasteiger partial charge in [-0.15, -0.1) is 0 Å². The molecule has 170 valence electrons. The van der Waals surface area contributed by atoms with E-state index in [1.165, 1.54) is 16.7 Å². The van der Waals surface area contributed by atoms with Crippen LogP contribution < -0.4 is 10.1 Å². The van der Waals surface area contributed by atoms with Gasteiger partial charge in [0.15, 0.2) is 0 Å². The molecule has 1 saturated heterocycles. The van der Waals surface area contributed by atoms with Crippen LogP contribution in [0.1, 0.15) is 18.4 Å². The van der Waals surface area contributed by atoms with E-state index in [1.54, 1.807) is 0 Å². The molecule has 13 heteroatoms. The Morgan fingerprint density at radius 3 is 2.45 bits per heavy atom. The molecule has 1 aliphatic heterocycles. The molecule has 2 aromatic rings. The number of hydrogen-bond acceptors (Lipinski definition) is 7. The van der Waals surface area contributed by atoms with Crippen molar-refractivity contribution in [2.45, 2.75) is 30.0 Å². The molecule has 1 aliphatic rings. The Balaban J connectivity index is 1.72. The lowest BCUT2D eigenvalue weighted by Crippen LogP contribution is -2.42. The Bertz CT molecular complexity index is 998. The molecule has 0 unspecified atom stereocenters. The second kappa shape index (κ2) is 9.55. The van der Waals surface area contributed by atoms with Crippen LogP contribution in [-0.4, -0.2) is 60.1 Å². The second-order valence-corrected chi connectivity index (χ2v) is 9.15. The predicted molar refractivity (Wildman–Crippen MR) is 106 cm³/mol. The zero-order valence-electron chi connectivity index (χ0n) is 16.1. The number of alkyl halides is 3. The van der Waals surface area contributed by atoms with E-state index < -0.39 is 40.7 Å². The average Bonchev–Trinajstić information content (AvgIpc) is 2.73. The molecule has 8 nitrogen and oxygen atoms in total. The molecule has 0 saturated carbocycles. The summed E-state index contributed by atoms with van der Waals surface area (Å²) in [6, 6.07) is 2.37. The van der Waals surface area contributed by atoms with Gasteiger partial charge in [0.25, 0.3) is 0 Å². The quantitative estimate of drug-likeness (QED) is 0.628. The molecule has 1 aromatic heterocycles. The summed E-state index contributed by atoms with van der Waals surface area (Å²) in [5, 5.41) is 12.3. The van der Waals surface area contributed by atoms with Gasteiger partial charge >= 0.3 is 6.18 Å². The van der Waals surface area contributed by atoms with E-state index in [-0.39, 0.29) is 24.0 Å². The predicted octanol–water partition coefficient (Wildman–Crippen LogP) is 2.79. The van der Waals surface area contributed by atoms with Crippen molar-refractivity contribution in [1.82, 2.24) is 14.3 Å². The molecule has 0 atom stereocenters. The maximum atomic E-state index is 13.2. The molecule has 31 heavy (non-hydrogen) atoms. The highest BCUT2D eigenvalue weighted by atomic mass is 35.5. The van der Waals surface area contributed by atoms with Crippen LogP contribution in [-0.2, 0) is 16.2 Å². The Morgan fingerprint density at radius 2 is 1.87 bits per heavy atom. The first-order valence-electron chi connectivity index (χ1n) is 9.30. The molecule has 0 spiro atoms. The lowest BCUT2D eigenvalue weighted by atomic mass is 10.1. The molecule has 1 fully saturated rings. The molecule has 0 bridgehead atoms. The fraction of sp³-hybridized carbons (Fsp3) is 0.444. The number of aliphatic hydroxyl groups excluding tert-OH is 1. The van der Waals surface area contributed by atoms with Gasteiger partial charge < -0.3 is 15.2 Å². The van der Waals surface area contributed by atoms with Gasteiger partial charge in [0, 0.05) is 25.2 Å². The highest BCUT2D eigenvalue weighted by Crippen LogP contribution is 2.38. The highest BCUT2D eigenvalue weighted by molar-refractivity contribution is 7.89. The smallest absolute Gasteiger partial charge is 0.419 e. The van der Waals surface area contributed by atoms with Crippen LogP contribution in [0.3, 0.4) is 0 Å². The summed E-state index contributed by atoms with van der Waals surface area (Å²) in [6.07, 6.45) is -0.921. The van der Waals surface area contributed by atoms with Gasteiger partial charge in [-0.2, -0.15) is 17.5 Å². The number of nitrogens with zero attached hydrogens (tertiary/aromatic N) is 3. The third kappa shape index (κ3) is 5.76. The Hall–Kier alpha value is -2.15. The summed E-state index contributed by atoms with van der Waals surface area (Å²) >= 11 is 5.75. The van der Waals surface area contributed by atoms with Gasteiger partial charge in [-0.05, 0) is 25.0 Å². The van der Waals surface area contributed by atoms with Crippen molar-refractivity contribution < 1.29 is 31.4 Å². The lowest BCUT2D eigenvalue weighted by molar-refractivity contribution is -0.139. The van der Waals surface area contributed by atoms with Crippen molar-refractivity contribution in [3.63, 3.8) is 0 Å². The van der Waals surface area contributed by atoms with Gasteiger partial charge in [-0.25, -0.2) is 18.4 Å². The van der Waals surface area contributed by atoms with Gasteiger partial charge in [0.2, 0.25) is 16.0 Å². The van der Waals surface area contributed by atoms with Crippen molar-refractivity contribution in [2.24, 2.45) is 0 Å². The number of benzene rings is 1. The lowest BCUT2D eigenvalue weighted by Gasteiger charge is -2.31. The fourth-order valence-electron chi connectivity index (χ4n) is 3.13. The van der Waals surface area contributed by atoms with Crippen LogP contribution in [0.2, 0.25) is 5.02 Å². The first-order valence-corrected chi connectivity index (χ1v) is 11.1. The first-order chi connectivity index (χ1) is 14.6. The minimum Gasteiger partial charge on any atom is -0.491 e. The Kier molecular flexibility index (Phi) is 7.24. The first kappa shape index (κ1) is 23.5. The summed E-state index contributed by atoms with van der Waals surface area (Å²) in [7, 11) is -4.03. The van der Waals surface area contributed by atoms with Gasteiger partial charge in [-0.1, -0.05) is 11.6 Å². The van der Waals surface area contributed by atoms with Crippen LogP contribution >= 0.6 is 11.6 Å². The molecule has 3 rings (SSSR count). The Morgan fingerprint density at radius 1 is 1.23 bits per heavy atom. The maximum absolute atomic E-state index is 13.2. The largest absolute Gasteiger partial charge is 0.491 e. The normalized spacial score (nSPS) is 16.3. The number of rotatable bonds is 7. The minimum atomic E-state index is -4.72. The van der Waals surface area contributed by atoms with Crippen LogP contribution in [0.4, 0.5) is 19.1 Å². The molecular formula is C18H20ClF3N4O4S. The van der Waals surface area contributed by atoms with E-state index in [9.17, 15) is 21.6 Å². The summed E-state index contributed by atoms with van der Waals surface area (Å²) in [4.78, 5) is 7.78. The summed E-state index contributed by atoms with van der Waals surface area (Å²) in [5.74, 6) is -0.266. The summed E-state index contributed by atoms with van der Waals surface area (Å²) in [6.45, 7) is -0.564. The van der Waals surface area contributed by atoms with Crippen LogP contribution in [0.25, 0.3) is 0 Å². The van der Waals surface area contributed by atoms with Gasteiger partial charge in [0.05, 0.1) is 34.5 Å². The standard InChI is InChI=1S/C18H20ClF3N4O4S/c19-12-10-23-17(24-11-12)25-13-3-5-26(6-4-13)31(28,29)14-1-2-15(18(20,21)22)16(9-14)30-8-7-27/h1-2,9-11,13,27H,3-8H2,(H,23,24,25). The number of sulfonamides is 1. The maximum Gasteiger partial charge on any atom is 0.419 e. The number of hydrogen-bond donors (Lipinski definition) is 2. The minimum absolute atomic E-state index is 0.0660. The number of halogens is 4. The van der Waals surface area contributed by atoms with Crippen molar-refractivity contribution >= 4 is 27.6 Å². The van der Waals surface area contributed by atoms with E-state index >= 15 is 0 Å². The zero-order chi connectivity index (χ0) is 22.6. The molecule has 1 aromatic carbocycles. The zero-order valence-corrected chi connectivity index (χ0v) is 17.7. The van der Waals surface area contributed by atoms with E-state index in [0.717, 1.165) is 12.1 Å². The molecule has 2 heterocycles. The van der Waals surface area contributed by atoms with Gasteiger partial charge in [0.1, 0.15) is 12.4 Å². The second-order valence-electron chi connectivity index (χ2n) is 6.78. The van der Waals surface area contributed by atoms with Gasteiger partial charge in [-0.3, -0.25) is 0 Å². The number of aliphatic hydroxyl groups is 1. The fourth-order valence-corrected chi connectivity index (χ4v) is 4.71. The van der Waals surface area contributed by atoms with Crippen molar-refractivity contribution in [1.29, 1.82) is 0 Å². The van der Waals surface area contributed by atoms with Crippen LogP contribution in [0.15, 0.2) is 35.5 Å². The molecule has 0 amide bonds. The third-order valence-corrected chi connectivity index (χ3v) is 6.74. The van der Waals surface area contributed by atoms with Crippen molar-refractivity contribution in [3.8, 4) is 5.75 Å². The van der Waals surface area contributed by atoms with Crippen LogP contribution in [0.5, 0.6) is 5.75 Å². The van der Waals surface area contributed by atoms with E-state index in [1.807, 2.05) is 0 Å². The average molecular weight is 481 g/mol. The summed E-state index contributed by atoms with van der Waals surface area (Å²) in [5.41, 5.74) is -1.11. The number of anilines is 1. The van der Waals surface area contributed by atoms with E-state index in [2.05, 4.69) is 15.3 Å². The third-order valence-electron chi connectivity index (χ3n) is 4.65. The summed E-state index contributed by atoms with van der Waals surface area (Å²) < 4.78 is 71.6. The molecule has 0 radical (unpaired) electrons. The number of ether oxygens (including phenoxy) is 1. The topological polar surface area (TPSA) is 105 Å². The van der Waals surface area contributed by atoms with Crippen molar-refractivity contribution in [3.05, 3.63) is 41.2 Å². The van der Waals surface area contributed by atoms with E-state index in [0.29, 0.717) is 29.9 Å². The van der Waals surface area contributed by atoms with E-state index in [4.69, 9.17) is 21.4 Å². The van der Waals surface area contributed by atoms with Crippen LogP contribution in [0, 0.1) is 0 Å². The number of nitrogens with one attached hydrogen (secondary N) is 1. The number of piperidine rings is 1. The molecule has 2 N–H and O–H groups in total. The highest BCUT2D eigenvalue weighted by Gasteiger charge is 2.36. The molecular weight excluding hydrogens is 461 g/mol. The van der Waals surface area contributed by atoms with Crippen molar-refractivity contribution in [2.75, 3.05) is 31.6 Å².